The number of alkyl halides is 2. The Morgan fingerprint density at radius 3 is 2.43 bits per heavy atom. The van der Waals surface area contributed by atoms with Crippen molar-refractivity contribution in [2.24, 2.45) is 0 Å². The first-order chi connectivity index (χ1) is 6.60. The molecule has 1 aromatic rings. The SMILES string of the molecule is COc1cc(Br)nc(C(F)F)c1OC. The van der Waals surface area contributed by atoms with Gasteiger partial charge in [0.2, 0.25) is 0 Å². The Hall–Kier alpha value is -0.910. The molecule has 0 spiro atoms. The van der Waals surface area contributed by atoms with Crippen LogP contribution in [0.3, 0.4) is 0 Å². The molecule has 1 heterocycles. The third-order valence-corrected chi connectivity index (χ3v) is 1.97. The molecule has 1 aromatic heterocycles. The van der Waals surface area contributed by atoms with Gasteiger partial charge in [0.05, 0.1) is 14.2 Å². The highest BCUT2D eigenvalue weighted by molar-refractivity contribution is 9.10. The van der Waals surface area contributed by atoms with Crippen LogP contribution >= 0.6 is 15.9 Å². The first kappa shape index (κ1) is 11.2. The minimum absolute atomic E-state index is 0.0364. The Morgan fingerprint density at radius 2 is 2.00 bits per heavy atom. The molecule has 78 valence electrons. The molecule has 1 rings (SSSR count). The van der Waals surface area contributed by atoms with Gasteiger partial charge in [-0.3, -0.25) is 0 Å². The molecule has 0 aliphatic rings. The monoisotopic (exact) mass is 267 g/mol. The quantitative estimate of drug-likeness (QED) is 0.790. The van der Waals surface area contributed by atoms with Gasteiger partial charge in [-0.2, -0.15) is 0 Å². The van der Waals surface area contributed by atoms with Gasteiger partial charge in [0.1, 0.15) is 4.60 Å². The van der Waals surface area contributed by atoms with E-state index in [-0.39, 0.29) is 16.1 Å². The van der Waals surface area contributed by atoms with Crippen molar-refractivity contribution in [1.82, 2.24) is 4.98 Å². The molecule has 0 amide bonds. The fourth-order valence-electron chi connectivity index (χ4n) is 1.00. The number of hydrogen-bond donors (Lipinski definition) is 0. The van der Waals surface area contributed by atoms with E-state index in [4.69, 9.17) is 9.47 Å². The lowest BCUT2D eigenvalue weighted by Crippen LogP contribution is -2.00. The van der Waals surface area contributed by atoms with Crippen LogP contribution in [0.1, 0.15) is 12.1 Å². The molecule has 0 saturated heterocycles. The van der Waals surface area contributed by atoms with Crippen LogP contribution < -0.4 is 9.47 Å². The van der Waals surface area contributed by atoms with Gasteiger partial charge in [-0.1, -0.05) is 0 Å². The first-order valence-corrected chi connectivity index (χ1v) is 4.46. The van der Waals surface area contributed by atoms with Gasteiger partial charge in [-0.25, -0.2) is 13.8 Å². The predicted molar refractivity (Wildman–Crippen MR) is 50.0 cm³/mol. The van der Waals surface area contributed by atoms with Gasteiger partial charge in [0, 0.05) is 6.07 Å². The van der Waals surface area contributed by atoms with Gasteiger partial charge in [-0.05, 0) is 15.9 Å². The maximum Gasteiger partial charge on any atom is 0.284 e. The topological polar surface area (TPSA) is 31.4 Å². The Balaban J connectivity index is 3.31. The lowest BCUT2D eigenvalue weighted by molar-refractivity contribution is 0.140. The summed E-state index contributed by atoms with van der Waals surface area (Å²) in [5.41, 5.74) is -0.432. The van der Waals surface area contributed by atoms with Crippen LogP contribution in [0.5, 0.6) is 11.5 Å². The van der Waals surface area contributed by atoms with Crippen molar-refractivity contribution in [2.75, 3.05) is 14.2 Å². The average Bonchev–Trinajstić information content (AvgIpc) is 2.16. The summed E-state index contributed by atoms with van der Waals surface area (Å²) >= 11 is 3.01. The molecule has 0 aromatic carbocycles. The first-order valence-electron chi connectivity index (χ1n) is 3.66. The summed E-state index contributed by atoms with van der Waals surface area (Å²) in [6.45, 7) is 0. The second kappa shape index (κ2) is 4.54. The molecule has 0 bridgehead atoms. The number of aromatic nitrogens is 1. The van der Waals surface area contributed by atoms with Gasteiger partial charge in [0.25, 0.3) is 6.43 Å². The Kier molecular flexibility index (Phi) is 3.62. The summed E-state index contributed by atoms with van der Waals surface area (Å²) in [6, 6.07) is 1.46. The van der Waals surface area contributed by atoms with Crippen molar-refractivity contribution in [2.45, 2.75) is 6.43 Å². The Bertz CT molecular complexity index is 333. The van der Waals surface area contributed by atoms with Crippen molar-refractivity contribution >= 4 is 15.9 Å². The summed E-state index contributed by atoms with van der Waals surface area (Å²) in [6.07, 6.45) is -2.70. The van der Waals surface area contributed by atoms with Gasteiger partial charge < -0.3 is 9.47 Å². The molecule has 3 nitrogen and oxygen atoms in total. The fraction of sp³-hybridized carbons (Fsp3) is 0.375. The molecule has 0 unspecified atom stereocenters. The average molecular weight is 268 g/mol. The summed E-state index contributed by atoms with van der Waals surface area (Å²) in [5.74, 6) is 0.190. The normalized spacial score (nSPS) is 10.4. The minimum Gasteiger partial charge on any atom is -0.493 e. The molecule has 0 fully saturated rings. The van der Waals surface area contributed by atoms with Crippen molar-refractivity contribution in [1.29, 1.82) is 0 Å². The van der Waals surface area contributed by atoms with Gasteiger partial charge >= 0.3 is 0 Å². The number of methoxy groups -OCH3 is 2. The number of rotatable bonds is 3. The number of ether oxygens (including phenoxy) is 2. The zero-order valence-electron chi connectivity index (χ0n) is 7.55. The lowest BCUT2D eigenvalue weighted by Gasteiger charge is -2.11. The molecule has 0 aliphatic carbocycles. The zero-order valence-corrected chi connectivity index (χ0v) is 9.14. The van der Waals surface area contributed by atoms with Crippen LogP contribution in [0.2, 0.25) is 0 Å². The van der Waals surface area contributed by atoms with E-state index in [9.17, 15) is 8.78 Å². The summed E-state index contributed by atoms with van der Waals surface area (Å²) in [7, 11) is 2.67. The van der Waals surface area contributed by atoms with Crippen LogP contribution in [0, 0.1) is 0 Å². The molecule has 0 aliphatic heterocycles. The van der Waals surface area contributed by atoms with Crippen LogP contribution in [-0.4, -0.2) is 19.2 Å². The largest absolute Gasteiger partial charge is 0.493 e. The van der Waals surface area contributed by atoms with Gasteiger partial charge in [0.15, 0.2) is 17.2 Å². The maximum absolute atomic E-state index is 12.5. The van der Waals surface area contributed by atoms with E-state index in [0.717, 1.165) is 0 Å². The summed E-state index contributed by atoms with van der Waals surface area (Å²) < 4.78 is 34.9. The summed E-state index contributed by atoms with van der Waals surface area (Å²) in [4.78, 5) is 3.61. The van der Waals surface area contributed by atoms with E-state index in [1.807, 2.05) is 0 Å². The van der Waals surface area contributed by atoms with E-state index in [2.05, 4.69) is 20.9 Å². The molecular formula is C8H8BrF2NO2. The number of nitrogens with zero attached hydrogens (tertiary/aromatic N) is 1. The second-order valence-corrected chi connectivity index (χ2v) is 3.18. The minimum atomic E-state index is -2.70. The van der Waals surface area contributed by atoms with Crippen LogP contribution in [0.25, 0.3) is 0 Å². The molecule has 6 heteroatoms. The third kappa shape index (κ3) is 2.12. The number of halogens is 3. The highest BCUT2D eigenvalue weighted by Crippen LogP contribution is 2.37. The number of pyridine rings is 1. The highest BCUT2D eigenvalue weighted by Gasteiger charge is 2.20. The van der Waals surface area contributed by atoms with E-state index >= 15 is 0 Å². The third-order valence-electron chi connectivity index (χ3n) is 1.56. The van der Waals surface area contributed by atoms with E-state index < -0.39 is 12.1 Å². The van der Waals surface area contributed by atoms with Crippen LogP contribution in [-0.2, 0) is 0 Å². The van der Waals surface area contributed by atoms with E-state index in [1.165, 1.54) is 20.3 Å². The standard InChI is InChI=1S/C8H8BrF2NO2/c1-13-4-3-5(9)12-6(8(10)11)7(4)14-2/h3,8H,1-2H3. The molecular weight excluding hydrogens is 260 g/mol. The molecule has 0 saturated carbocycles. The van der Waals surface area contributed by atoms with Gasteiger partial charge in [-0.15, -0.1) is 0 Å². The maximum atomic E-state index is 12.5. The number of hydrogen-bond acceptors (Lipinski definition) is 3. The fourth-order valence-corrected chi connectivity index (χ4v) is 1.40. The van der Waals surface area contributed by atoms with Crippen LogP contribution in [0.15, 0.2) is 10.7 Å². The molecule has 0 radical (unpaired) electrons. The highest BCUT2D eigenvalue weighted by atomic mass is 79.9. The second-order valence-electron chi connectivity index (χ2n) is 2.37. The lowest BCUT2D eigenvalue weighted by atomic mass is 10.3. The van der Waals surface area contributed by atoms with E-state index in [0.29, 0.717) is 0 Å². The van der Waals surface area contributed by atoms with Crippen molar-refractivity contribution in [3.63, 3.8) is 0 Å². The Labute approximate surface area is 88.2 Å². The predicted octanol–water partition coefficient (Wildman–Crippen LogP) is 2.80. The van der Waals surface area contributed by atoms with Crippen molar-refractivity contribution in [3.8, 4) is 11.5 Å². The van der Waals surface area contributed by atoms with E-state index in [1.54, 1.807) is 0 Å². The molecule has 0 atom stereocenters. The zero-order chi connectivity index (χ0) is 10.7. The Morgan fingerprint density at radius 1 is 1.36 bits per heavy atom. The van der Waals surface area contributed by atoms with Crippen molar-refractivity contribution < 1.29 is 18.3 Å². The van der Waals surface area contributed by atoms with Crippen molar-refractivity contribution in [3.05, 3.63) is 16.4 Å². The van der Waals surface area contributed by atoms with Crippen LogP contribution in [0.4, 0.5) is 8.78 Å². The molecule has 0 N–H and O–H groups in total. The summed E-state index contributed by atoms with van der Waals surface area (Å²) in [5, 5.41) is 0. The smallest absolute Gasteiger partial charge is 0.284 e. The molecule has 14 heavy (non-hydrogen) atoms.